The molecule has 0 radical (unpaired) electrons. The first-order valence-corrected chi connectivity index (χ1v) is 10.0. The van der Waals surface area contributed by atoms with Crippen molar-refractivity contribution in [2.24, 2.45) is 0 Å². The summed E-state index contributed by atoms with van der Waals surface area (Å²) in [5.41, 5.74) is 2.66. The zero-order valence-electron chi connectivity index (χ0n) is 12.3. The first kappa shape index (κ1) is 13.5. The monoisotopic (exact) mass is 280 g/mol. The molecule has 0 saturated heterocycles. The molecular weight excluding hydrogens is 259 g/mol. The van der Waals surface area contributed by atoms with Gasteiger partial charge in [0.05, 0.1) is 0 Å². The maximum atomic E-state index is 4.43. The van der Waals surface area contributed by atoms with Crippen molar-refractivity contribution in [3.8, 4) is 11.1 Å². The van der Waals surface area contributed by atoms with Crippen LogP contribution in [0.2, 0.25) is 0 Å². The summed E-state index contributed by atoms with van der Waals surface area (Å²) in [6.07, 6.45) is 11.5. The minimum Gasteiger partial charge on any atom is -0.0971 e. The van der Waals surface area contributed by atoms with E-state index in [0.29, 0.717) is 0 Å². The van der Waals surface area contributed by atoms with Gasteiger partial charge in [0.15, 0.2) is 0 Å². The van der Waals surface area contributed by atoms with Crippen molar-refractivity contribution in [2.45, 2.75) is 12.8 Å². The SMILES string of the molecule is C=P(C)(C)c1ccc(-c2ccccc2)c2c1=CCCC=2. The van der Waals surface area contributed by atoms with E-state index in [1.54, 1.807) is 0 Å². The summed E-state index contributed by atoms with van der Waals surface area (Å²) in [6, 6.07) is 15.3. The van der Waals surface area contributed by atoms with Crippen molar-refractivity contribution in [1.29, 1.82) is 0 Å². The van der Waals surface area contributed by atoms with Crippen molar-refractivity contribution >= 4 is 30.6 Å². The zero-order chi connectivity index (χ0) is 14.2. The normalized spacial score (nSPS) is 14.1. The molecule has 2 aromatic carbocycles. The van der Waals surface area contributed by atoms with E-state index in [2.05, 4.69) is 74.2 Å². The minimum atomic E-state index is -1.24. The largest absolute Gasteiger partial charge is 0.0971 e. The molecule has 20 heavy (non-hydrogen) atoms. The fraction of sp³-hybridized carbons (Fsp3) is 0.211. The summed E-state index contributed by atoms with van der Waals surface area (Å²) in [6.45, 7) is 3.36. The van der Waals surface area contributed by atoms with Crippen molar-refractivity contribution in [2.75, 3.05) is 13.3 Å². The number of hydrogen-bond acceptors (Lipinski definition) is 0. The average molecular weight is 280 g/mol. The lowest BCUT2D eigenvalue weighted by atomic mass is 9.98. The van der Waals surface area contributed by atoms with Gasteiger partial charge in [-0.1, -0.05) is 67.8 Å². The standard InChI is InChI=1S/C19H21P/c1-20(2,3)19-14-13-16(15-9-5-4-6-10-15)17-11-7-8-12-18(17)19/h4-6,9-14H,1,7-8H2,2-3H3. The van der Waals surface area contributed by atoms with Crippen LogP contribution in [0.25, 0.3) is 23.3 Å². The van der Waals surface area contributed by atoms with Crippen LogP contribution in [-0.2, 0) is 0 Å². The first-order valence-electron chi connectivity index (χ1n) is 7.15. The fourth-order valence-corrected chi connectivity index (χ4v) is 4.25. The smallest absolute Gasteiger partial charge is 0.0108 e. The highest BCUT2D eigenvalue weighted by molar-refractivity contribution is 7.79. The molecule has 0 N–H and O–H groups in total. The van der Waals surface area contributed by atoms with E-state index in [-0.39, 0.29) is 0 Å². The lowest BCUT2D eigenvalue weighted by Crippen LogP contribution is -2.40. The molecule has 2 aromatic rings. The molecule has 1 heteroatoms. The van der Waals surface area contributed by atoms with Crippen molar-refractivity contribution < 1.29 is 0 Å². The van der Waals surface area contributed by atoms with Crippen molar-refractivity contribution in [3.63, 3.8) is 0 Å². The van der Waals surface area contributed by atoms with Crippen LogP contribution in [0.5, 0.6) is 0 Å². The van der Waals surface area contributed by atoms with Gasteiger partial charge in [0, 0.05) is 0 Å². The summed E-state index contributed by atoms with van der Waals surface area (Å²) < 4.78 is 0. The van der Waals surface area contributed by atoms with Gasteiger partial charge >= 0.3 is 0 Å². The van der Waals surface area contributed by atoms with E-state index < -0.39 is 6.89 Å². The van der Waals surface area contributed by atoms with Gasteiger partial charge in [-0.25, -0.2) is 0 Å². The summed E-state index contributed by atoms with van der Waals surface area (Å²) in [5.74, 6) is 0. The molecule has 0 bridgehead atoms. The fourth-order valence-electron chi connectivity index (χ4n) is 2.91. The number of fused-ring (bicyclic) bond motifs is 1. The van der Waals surface area contributed by atoms with Gasteiger partial charge in [-0.05, 0) is 53.0 Å². The second kappa shape index (κ2) is 5.11. The number of rotatable bonds is 2. The molecule has 0 atom stereocenters. The van der Waals surface area contributed by atoms with Gasteiger partial charge < -0.3 is 0 Å². The Morgan fingerprint density at radius 3 is 2.15 bits per heavy atom. The third kappa shape index (κ3) is 2.41. The number of hydrogen-bond donors (Lipinski definition) is 0. The zero-order valence-corrected chi connectivity index (χ0v) is 13.2. The van der Waals surface area contributed by atoms with Gasteiger partial charge in [-0.3, -0.25) is 0 Å². The molecule has 0 fully saturated rings. The first-order chi connectivity index (χ1) is 9.57. The third-order valence-corrected chi connectivity index (χ3v) is 5.56. The lowest BCUT2D eigenvalue weighted by molar-refractivity contribution is 1.12. The van der Waals surface area contributed by atoms with E-state index in [4.69, 9.17) is 0 Å². The Bertz CT molecular complexity index is 792. The van der Waals surface area contributed by atoms with Crippen LogP contribution in [0.1, 0.15) is 12.8 Å². The van der Waals surface area contributed by atoms with Crippen LogP contribution in [-0.4, -0.2) is 19.6 Å². The molecule has 1 aliphatic rings. The molecule has 1 aliphatic carbocycles. The molecule has 0 aliphatic heterocycles. The molecule has 0 saturated carbocycles. The molecule has 0 nitrogen and oxygen atoms in total. The van der Waals surface area contributed by atoms with Crippen LogP contribution in [0.4, 0.5) is 0 Å². The highest BCUT2D eigenvalue weighted by Gasteiger charge is 2.11. The third-order valence-electron chi connectivity index (χ3n) is 3.86. The Morgan fingerprint density at radius 1 is 0.850 bits per heavy atom. The van der Waals surface area contributed by atoms with Gasteiger partial charge in [0.1, 0.15) is 0 Å². The maximum absolute atomic E-state index is 4.43. The van der Waals surface area contributed by atoms with Crippen LogP contribution < -0.4 is 15.7 Å². The van der Waals surface area contributed by atoms with Gasteiger partial charge in [-0.2, -0.15) is 0 Å². The van der Waals surface area contributed by atoms with E-state index in [9.17, 15) is 0 Å². The summed E-state index contributed by atoms with van der Waals surface area (Å²) >= 11 is 0. The van der Waals surface area contributed by atoms with Gasteiger partial charge in [0.2, 0.25) is 0 Å². The number of benzene rings is 2. The molecule has 0 spiro atoms. The molecule has 0 aromatic heterocycles. The molecule has 0 heterocycles. The van der Waals surface area contributed by atoms with Gasteiger partial charge in [0.25, 0.3) is 0 Å². The second-order valence-corrected chi connectivity index (χ2v) is 9.85. The molecule has 3 rings (SSSR count). The Hall–Kier alpha value is -1.52. The van der Waals surface area contributed by atoms with Crippen molar-refractivity contribution in [1.82, 2.24) is 0 Å². The summed E-state index contributed by atoms with van der Waals surface area (Å²) in [5, 5.41) is 4.31. The predicted molar refractivity (Wildman–Crippen MR) is 94.8 cm³/mol. The predicted octanol–water partition coefficient (Wildman–Crippen LogP) is 3.04. The van der Waals surface area contributed by atoms with Crippen LogP contribution in [0, 0.1) is 0 Å². The minimum absolute atomic E-state index is 1.15. The highest BCUT2D eigenvalue weighted by atomic mass is 31.2. The Labute approximate surface area is 121 Å². The van der Waals surface area contributed by atoms with E-state index in [1.807, 2.05) is 0 Å². The molecule has 102 valence electrons. The van der Waals surface area contributed by atoms with Crippen molar-refractivity contribution in [3.05, 3.63) is 52.9 Å². The van der Waals surface area contributed by atoms with E-state index >= 15 is 0 Å². The topological polar surface area (TPSA) is 0 Å². The summed E-state index contributed by atoms with van der Waals surface area (Å²) in [4.78, 5) is 0. The maximum Gasteiger partial charge on any atom is -0.0108 e. The highest BCUT2D eigenvalue weighted by Crippen LogP contribution is 2.32. The molecule has 0 amide bonds. The molecule has 0 unspecified atom stereocenters. The van der Waals surface area contributed by atoms with Gasteiger partial charge in [-0.15, -0.1) is 0 Å². The second-order valence-electron chi connectivity index (χ2n) is 6.00. The Morgan fingerprint density at radius 2 is 1.50 bits per heavy atom. The lowest BCUT2D eigenvalue weighted by Gasteiger charge is -2.18. The summed E-state index contributed by atoms with van der Waals surface area (Å²) in [7, 11) is 0. The Balaban J connectivity index is 2.35. The average Bonchev–Trinajstić information content (AvgIpc) is 2.46. The van der Waals surface area contributed by atoms with E-state index in [0.717, 1.165) is 12.8 Å². The van der Waals surface area contributed by atoms with Crippen LogP contribution in [0.15, 0.2) is 42.5 Å². The quantitative estimate of drug-likeness (QED) is 0.742. The van der Waals surface area contributed by atoms with E-state index in [1.165, 1.54) is 26.9 Å². The Kier molecular flexibility index (Phi) is 3.44. The molecular formula is C19H21P. The van der Waals surface area contributed by atoms with Crippen LogP contribution >= 0.6 is 6.89 Å². The van der Waals surface area contributed by atoms with Crippen LogP contribution in [0.3, 0.4) is 0 Å².